The minimum absolute atomic E-state index is 0.0881. The molecule has 0 spiro atoms. The second-order valence-electron chi connectivity index (χ2n) is 4.36. The molecule has 17 heavy (non-hydrogen) atoms. The first-order valence-corrected chi connectivity index (χ1v) is 7.08. The van der Waals surface area contributed by atoms with Crippen molar-refractivity contribution in [2.75, 3.05) is 0 Å². The van der Waals surface area contributed by atoms with Crippen LogP contribution in [0.25, 0.3) is 0 Å². The molecule has 0 saturated carbocycles. The van der Waals surface area contributed by atoms with Crippen LogP contribution in [0.2, 0.25) is 0 Å². The van der Waals surface area contributed by atoms with Crippen LogP contribution < -0.4 is 4.74 Å². The van der Waals surface area contributed by atoms with E-state index in [9.17, 15) is 4.21 Å². The van der Waals surface area contributed by atoms with Gasteiger partial charge in [-0.2, -0.15) is 0 Å². The molecule has 0 aromatic heterocycles. The summed E-state index contributed by atoms with van der Waals surface area (Å²) < 4.78 is 26.2. The summed E-state index contributed by atoms with van der Waals surface area (Å²) >= 11 is 1.54. The van der Waals surface area contributed by atoms with Gasteiger partial charge in [0.15, 0.2) is 16.8 Å². The zero-order chi connectivity index (χ0) is 12.6. The smallest absolute Gasteiger partial charge is 0.160 e. The van der Waals surface area contributed by atoms with E-state index in [1.54, 1.807) is 18.3 Å². The van der Waals surface area contributed by atoms with Gasteiger partial charge in [0, 0.05) is 6.21 Å². The fourth-order valence-corrected chi connectivity index (χ4v) is 2.60. The summed E-state index contributed by atoms with van der Waals surface area (Å²) in [6, 6.07) is 3.55. The molecule has 1 heterocycles. The first kappa shape index (κ1) is 12.7. The van der Waals surface area contributed by atoms with Crippen molar-refractivity contribution in [2.24, 2.45) is 4.99 Å². The molecule has 1 aliphatic rings. The Bertz CT molecular complexity index is 514. The Labute approximate surface area is 111 Å². The quantitative estimate of drug-likeness (QED) is 0.853. The molecule has 6 heteroatoms. The van der Waals surface area contributed by atoms with Crippen LogP contribution in [0.3, 0.4) is 0 Å². The number of halogens is 1. The van der Waals surface area contributed by atoms with Gasteiger partial charge in [-0.15, -0.1) is 0 Å². The molecule has 0 fully saturated rings. The van der Waals surface area contributed by atoms with Crippen molar-refractivity contribution in [3.8, 4) is 5.75 Å². The molecule has 2 rings (SSSR count). The number of aliphatic imine (C=N–C) groups is 1. The fraction of sp³-hybridized carbons (Fsp3) is 0.364. The maximum atomic E-state index is 10.8. The van der Waals surface area contributed by atoms with Gasteiger partial charge in [-0.3, -0.25) is 4.99 Å². The van der Waals surface area contributed by atoms with Crippen LogP contribution in [0.4, 0.5) is 5.69 Å². The maximum absolute atomic E-state index is 10.8. The summed E-state index contributed by atoms with van der Waals surface area (Å²) in [6.07, 6.45) is 1.72. The first-order chi connectivity index (χ1) is 7.87. The van der Waals surface area contributed by atoms with E-state index in [1.807, 2.05) is 13.8 Å². The molecule has 0 aliphatic carbocycles. The Morgan fingerprint density at radius 2 is 2.24 bits per heavy atom. The topological polar surface area (TPSA) is 58.9 Å². The second kappa shape index (κ2) is 4.51. The van der Waals surface area contributed by atoms with Crippen LogP contribution in [0.15, 0.2) is 21.6 Å². The van der Waals surface area contributed by atoms with Gasteiger partial charge in [0.1, 0.15) is 11.3 Å². The summed E-state index contributed by atoms with van der Waals surface area (Å²) in [5.41, 5.74) is 0.993. The molecule has 0 saturated heterocycles. The number of fused-ring (bicyclic) bond motifs is 1. The molecule has 1 aromatic rings. The van der Waals surface area contributed by atoms with E-state index in [4.69, 9.17) is 9.29 Å². The largest absolute Gasteiger partial charge is 0.479 e. The van der Waals surface area contributed by atoms with E-state index < -0.39 is 16.7 Å². The van der Waals surface area contributed by atoms with Gasteiger partial charge in [0.25, 0.3) is 0 Å². The highest BCUT2D eigenvalue weighted by Crippen LogP contribution is 2.41. The number of nitrogens with zero attached hydrogens (tertiary/aromatic N) is 1. The Kier molecular flexibility index (Phi) is 3.38. The van der Waals surface area contributed by atoms with Crippen molar-refractivity contribution in [2.45, 2.75) is 25.2 Å². The average molecular weight is 318 g/mol. The minimum Gasteiger partial charge on any atom is -0.479 e. The highest BCUT2D eigenvalue weighted by atomic mass is 79.9. The van der Waals surface area contributed by atoms with Crippen LogP contribution in [-0.4, -0.2) is 20.6 Å². The highest BCUT2D eigenvalue weighted by molar-refractivity contribution is 9.10. The van der Waals surface area contributed by atoms with Crippen LogP contribution in [-0.2, 0) is 16.8 Å². The zero-order valence-corrected chi connectivity index (χ0v) is 11.8. The molecule has 92 valence electrons. The SMILES string of the molecule is CC1(C)C=Nc2cc(CS(=O)O)cc(Br)c2O1. The van der Waals surface area contributed by atoms with E-state index >= 15 is 0 Å². The van der Waals surface area contributed by atoms with Crippen molar-refractivity contribution >= 4 is 38.9 Å². The van der Waals surface area contributed by atoms with Crippen molar-refractivity contribution in [3.63, 3.8) is 0 Å². The second-order valence-corrected chi connectivity index (χ2v) is 6.14. The molecule has 1 atom stereocenters. The van der Waals surface area contributed by atoms with Crippen molar-refractivity contribution in [1.29, 1.82) is 0 Å². The highest BCUT2D eigenvalue weighted by Gasteiger charge is 2.25. The number of rotatable bonds is 2. The van der Waals surface area contributed by atoms with Crippen LogP contribution in [0.1, 0.15) is 19.4 Å². The van der Waals surface area contributed by atoms with Crippen molar-refractivity contribution in [3.05, 3.63) is 22.2 Å². The van der Waals surface area contributed by atoms with E-state index in [1.165, 1.54) is 0 Å². The van der Waals surface area contributed by atoms with Gasteiger partial charge in [-0.25, -0.2) is 4.21 Å². The predicted molar refractivity (Wildman–Crippen MR) is 71.5 cm³/mol. The van der Waals surface area contributed by atoms with Gasteiger partial charge in [-0.1, -0.05) is 0 Å². The number of hydrogen-bond donors (Lipinski definition) is 1. The lowest BCUT2D eigenvalue weighted by molar-refractivity contribution is 0.183. The van der Waals surface area contributed by atoms with Gasteiger partial charge in [-0.05, 0) is 47.5 Å². The third-order valence-electron chi connectivity index (χ3n) is 2.25. The van der Waals surface area contributed by atoms with E-state index in [0.29, 0.717) is 11.4 Å². The molecule has 0 amide bonds. The maximum Gasteiger partial charge on any atom is 0.160 e. The molecule has 4 nitrogen and oxygen atoms in total. The number of hydrogen-bond acceptors (Lipinski definition) is 3. The Morgan fingerprint density at radius 1 is 1.53 bits per heavy atom. The Morgan fingerprint density at radius 3 is 2.88 bits per heavy atom. The average Bonchev–Trinajstić information content (AvgIpc) is 2.18. The minimum atomic E-state index is -1.85. The molecule has 0 bridgehead atoms. The van der Waals surface area contributed by atoms with Gasteiger partial charge in [0.05, 0.1) is 10.2 Å². The van der Waals surface area contributed by atoms with Crippen LogP contribution >= 0.6 is 15.9 Å². The molecular formula is C11H12BrNO3S. The molecule has 1 unspecified atom stereocenters. The lowest BCUT2D eigenvalue weighted by Crippen LogP contribution is -2.31. The standard InChI is InChI=1S/C11H12BrNO3S/c1-11(2)6-13-9-4-7(5-17(14)15)3-8(12)10(9)16-11/h3-4,6H,5H2,1-2H3,(H,14,15). The predicted octanol–water partition coefficient (Wildman–Crippen LogP) is 3.04. The van der Waals surface area contributed by atoms with Crippen LogP contribution in [0.5, 0.6) is 5.75 Å². The summed E-state index contributed by atoms with van der Waals surface area (Å²) in [6.45, 7) is 3.84. The third kappa shape index (κ3) is 2.94. The third-order valence-corrected chi connectivity index (χ3v) is 3.42. The van der Waals surface area contributed by atoms with Crippen molar-refractivity contribution < 1.29 is 13.5 Å². The summed E-state index contributed by atoms with van der Waals surface area (Å²) in [7, 11) is 0. The Balaban J connectivity index is 2.43. The van der Waals surface area contributed by atoms with E-state index in [0.717, 1.165) is 10.0 Å². The van der Waals surface area contributed by atoms with E-state index in [2.05, 4.69) is 20.9 Å². The lowest BCUT2D eigenvalue weighted by Gasteiger charge is -2.27. The number of ether oxygens (including phenoxy) is 1. The monoisotopic (exact) mass is 317 g/mol. The lowest BCUT2D eigenvalue weighted by atomic mass is 10.1. The summed E-state index contributed by atoms with van der Waals surface area (Å²) in [5.74, 6) is 0.759. The van der Waals surface area contributed by atoms with Crippen molar-refractivity contribution in [1.82, 2.24) is 0 Å². The molecule has 1 aromatic carbocycles. The first-order valence-electron chi connectivity index (χ1n) is 5.01. The molecule has 1 N–H and O–H groups in total. The molecule has 1 aliphatic heterocycles. The van der Waals surface area contributed by atoms with Gasteiger partial charge in [0.2, 0.25) is 0 Å². The fourth-order valence-electron chi connectivity index (χ4n) is 1.57. The molecular weight excluding hydrogens is 306 g/mol. The normalized spacial score (nSPS) is 18.4. The summed E-state index contributed by atoms with van der Waals surface area (Å²) in [4.78, 5) is 4.31. The summed E-state index contributed by atoms with van der Waals surface area (Å²) in [5, 5.41) is 0. The molecule has 0 radical (unpaired) electrons. The Hall–Kier alpha value is -0.720. The zero-order valence-electron chi connectivity index (χ0n) is 9.44. The van der Waals surface area contributed by atoms with Gasteiger partial charge >= 0.3 is 0 Å². The van der Waals surface area contributed by atoms with Gasteiger partial charge < -0.3 is 9.29 Å². The van der Waals surface area contributed by atoms with Crippen LogP contribution in [0, 0.1) is 0 Å². The number of benzene rings is 1. The van der Waals surface area contributed by atoms with E-state index in [-0.39, 0.29) is 5.75 Å².